The molecule has 0 spiro atoms. The first kappa shape index (κ1) is 19.4. The number of carbonyl (C=O) groups is 2. The van der Waals surface area contributed by atoms with Crippen molar-refractivity contribution in [3.63, 3.8) is 0 Å². The highest BCUT2D eigenvalue weighted by molar-refractivity contribution is 7.13. The molecule has 1 aliphatic carbocycles. The Morgan fingerprint density at radius 2 is 2.04 bits per heavy atom. The molecule has 1 heterocycles. The molecule has 1 aliphatic rings. The average molecular weight is 388 g/mol. The van der Waals surface area contributed by atoms with E-state index in [-0.39, 0.29) is 17.5 Å². The summed E-state index contributed by atoms with van der Waals surface area (Å²) in [5, 5.41) is 2.51. The summed E-state index contributed by atoms with van der Waals surface area (Å²) < 4.78 is 5.47. The molecule has 144 valence electrons. The van der Waals surface area contributed by atoms with Crippen LogP contribution < -0.4 is 10.6 Å². The minimum Gasteiger partial charge on any atom is -0.449 e. The maximum absolute atomic E-state index is 13.1. The molecule has 0 bridgehead atoms. The van der Waals surface area contributed by atoms with Crippen LogP contribution in [0.15, 0.2) is 29.8 Å². The maximum Gasteiger partial charge on any atom is 0.341 e. The Morgan fingerprint density at radius 1 is 1.30 bits per heavy atom. The van der Waals surface area contributed by atoms with Crippen molar-refractivity contribution >= 4 is 34.0 Å². The molecule has 3 rings (SSSR count). The van der Waals surface area contributed by atoms with E-state index in [1.165, 1.54) is 17.8 Å². The summed E-state index contributed by atoms with van der Waals surface area (Å²) in [7, 11) is 0. The Hall–Kier alpha value is -2.41. The minimum atomic E-state index is -0.914. The summed E-state index contributed by atoms with van der Waals surface area (Å²) in [6.45, 7) is 3.43. The van der Waals surface area contributed by atoms with Crippen molar-refractivity contribution in [1.29, 1.82) is 0 Å². The first-order valence-electron chi connectivity index (χ1n) is 9.27. The summed E-state index contributed by atoms with van der Waals surface area (Å²) in [6.07, 6.45) is 6.03. The highest BCUT2D eigenvalue weighted by Gasteiger charge is 2.33. The number of ether oxygens (including phenoxy) is 1. The fourth-order valence-corrected chi connectivity index (χ4v) is 4.15. The second kappa shape index (κ2) is 8.52. The predicted octanol–water partition coefficient (Wildman–Crippen LogP) is 3.94. The Balaban J connectivity index is 1.77. The number of hydrogen-bond acceptors (Lipinski definition) is 6. The van der Waals surface area contributed by atoms with Gasteiger partial charge in [-0.15, -0.1) is 11.3 Å². The molecule has 6 nitrogen and oxygen atoms in total. The number of para-hydroxylation sites is 1. The number of hydrogen-bond donors (Lipinski definition) is 1. The Morgan fingerprint density at radius 3 is 2.70 bits per heavy atom. The largest absolute Gasteiger partial charge is 0.449 e. The van der Waals surface area contributed by atoms with E-state index in [1.54, 1.807) is 30.2 Å². The molecule has 2 aromatic rings. The number of nitrogens with zero attached hydrogens (tertiary/aromatic N) is 2. The summed E-state index contributed by atoms with van der Waals surface area (Å²) >= 11 is 1.42. The number of rotatable bonds is 5. The van der Waals surface area contributed by atoms with Crippen LogP contribution >= 0.6 is 11.3 Å². The van der Waals surface area contributed by atoms with Crippen molar-refractivity contribution < 1.29 is 14.3 Å². The number of thiazole rings is 1. The second-order valence-corrected chi connectivity index (χ2v) is 7.77. The molecule has 0 radical (unpaired) electrons. The molecule has 27 heavy (non-hydrogen) atoms. The number of amides is 1. The van der Waals surface area contributed by atoms with E-state index in [0.717, 1.165) is 31.2 Å². The number of aryl methyl sites for hydroxylation is 1. The quantitative estimate of drug-likeness (QED) is 0.620. The molecule has 7 heteroatoms. The van der Waals surface area contributed by atoms with Crippen molar-refractivity contribution in [2.24, 2.45) is 0 Å². The van der Waals surface area contributed by atoms with Crippen LogP contribution in [-0.2, 0) is 9.53 Å². The number of nitrogens with two attached hydrogens (primary N) is 1. The third-order valence-corrected chi connectivity index (χ3v) is 5.75. The van der Waals surface area contributed by atoms with Crippen LogP contribution in [0.25, 0.3) is 0 Å². The minimum absolute atomic E-state index is 0.0996. The van der Waals surface area contributed by atoms with Crippen LogP contribution in [0.2, 0.25) is 0 Å². The highest BCUT2D eigenvalue weighted by Crippen LogP contribution is 2.30. The molecule has 1 unspecified atom stereocenters. The molecule has 0 aliphatic heterocycles. The van der Waals surface area contributed by atoms with Gasteiger partial charge in [0.1, 0.15) is 0 Å². The number of anilines is 2. The van der Waals surface area contributed by atoms with Gasteiger partial charge in [-0.2, -0.15) is 0 Å². The van der Waals surface area contributed by atoms with Gasteiger partial charge in [0.2, 0.25) is 0 Å². The Kier molecular flexibility index (Phi) is 6.11. The standard InChI is InChI=1S/C20H25N3O3S/c1-13-7-6-10-16(17(13)21)19(25)26-14(2)18(24)23(20-22-11-12-27-20)15-8-4-3-5-9-15/h6-7,10-12,14-15H,3-5,8-9,21H2,1-2H3. The van der Waals surface area contributed by atoms with Crippen molar-refractivity contribution in [1.82, 2.24) is 4.98 Å². The lowest BCUT2D eigenvalue weighted by Gasteiger charge is -2.33. The van der Waals surface area contributed by atoms with E-state index in [9.17, 15) is 9.59 Å². The molecule has 1 aromatic heterocycles. The van der Waals surface area contributed by atoms with Gasteiger partial charge in [0.15, 0.2) is 11.2 Å². The zero-order valence-corrected chi connectivity index (χ0v) is 16.5. The van der Waals surface area contributed by atoms with Gasteiger partial charge in [0.05, 0.1) is 5.56 Å². The fourth-order valence-electron chi connectivity index (χ4n) is 3.43. The lowest BCUT2D eigenvalue weighted by Crippen LogP contribution is -2.47. The van der Waals surface area contributed by atoms with E-state index in [4.69, 9.17) is 10.5 Å². The van der Waals surface area contributed by atoms with Crippen LogP contribution in [0.5, 0.6) is 0 Å². The zero-order chi connectivity index (χ0) is 19.4. The zero-order valence-electron chi connectivity index (χ0n) is 15.7. The number of nitrogen functional groups attached to an aromatic ring is 1. The number of esters is 1. The van der Waals surface area contributed by atoms with Gasteiger partial charge >= 0.3 is 5.97 Å². The van der Waals surface area contributed by atoms with Crippen LogP contribution in [0, 0.1) is 6.92 Å². The highest BCUT2D eigenvalue weighted by atomic mass is 32.1. The van der Waals surface area contributed by atoms with Crippen LogP contribution in [0.4, 0.5) is 10.8 Å². The van der Waals surface area contributed by atoms with Gasteiger partial charge in [-0.25, -0.2) is 9.78 Å². The van der Waals surface area contributed by atoms with E-state index < -0.39 is 12.1 Å². The molecule has 1 atom stereocenters. The topological polar surface area (TPSA) is 85.5 Å². The molecular weight excluding hydrogens is 362 g/mol. The lowest BCUT2D eigenvalue weighted by molar-refractivity contribution is -0.127. The van der Waals surface area contributed by atoms with Gasteiger partial charge in [-0.3, -0.25) is 9.69 Å². The monoisotopic (exact) mass is 387 g/mol. The third-order valence-electron chi connectivity index (χ3n) is 4.98. The van der Waals surface area contributed by atoms with E-state index in [2.05, 4.69) is 4.98 Å². The summed E-state index contributed by atoms with van der Waals surface area (Å²) in [5.41, 5.74) is 7.45. The van der Waals surface area contributed by atoms with Gasteiger partial charge in [-0.05, 0) is 38.3 Å². The van der Waals surface area contributed by atoms with Gasteiger partial charge in [0.25, 0.3) is 5.91 Å². The molecule has 0 saturated heterocycles. The number of benzene rings is 1. The van der Waals surface area contributed by atoms with Gasteiger partial charge in [-0.1, -0.05) is 31.4 Å². The average Bonchev–Trinajstić information content (AvgIpc) is 3.19. The summed E-state index contributed by atoms with van der Waals surface area (Å²) in [6, 6.07) is 5.29. The van der Waals surface area contributed by atoms with E-state index in [1.807, 2.05) is 18.4 Å². The van der Waals surface area contributed by atoms with Crippen molar-refractivity contribution in [2.75, 3.05) is 10.6 Å². The molecule has 2 N–H and O–H groups in total. The normalized spacial score (nSPS) is 15.9. The van der Waals surface area contributed by atoms with Crippen LogP contribution in [0.3, 0.4) is 0 Å². The first-order valence-corrected chi connectivity index (χ1v) is 10.2. The van der Waals surface area contributed by atoms with E-state index >= 15 is 0 Å². The summed E-state index contributed by atoms with van der Waals surface area (Å²) in [4.78, 5) is 31.7. The summed E-state index contributed by atoms with van der Waals surface area (Å²) in [5.74, 6) is -0.823. The SMILES string of the molecule is Cc1cccc(C(=O)OC(C)C(=O)N(c2nccs2)C2CCCCC2)c1N. The van der Waals surface area contributed by atoms with Crippen LogP contribution in [0.1, 0.15) is 54.9 Å². The molecular formula is C20H25N3O3S. The number of aromatic nitrogens is 1. The van der Waals surface area contributed by atoms with E-state index in [0.29, 0.717) is 10.8 Å². The molecule has 1 amide bonds. The Bertz CT molecular complexity index is 801. The van der Waals surface area contributed by atoms with Crippen molar-refractivity contribution in [3.8, 4) is 0 Å². The van der Waals surface area contributed by atoms with Gasteiger partial charge < -0.3 is 10.5 Å². The predicted molar refractivity (Wildman–Crippen MR) is 107 cm³/mol. The van der Waals surface area contributed by atoms with Gasteiger partial charge in [0, 0.05) is 23.3 Å². The second-order valence-electron chi connectivity index (χ2n) is 6.90. The fraction of sp³-hybridized carbons (Fsp3) is 0.450. The Labute approximate surface area is 163 Å². The maximum atomic E-state index is 13.1. The van der Waals surface area contributed by atoms with Crippen LogP contribution in [-0.4, -0.2) is 29.0 Å². The third kappa shape index (κ3) is 4.30. The molecule has 1 saturated carbocycles. The first-order chi connectivity index (χ1) is 13.0. The lowest BCUT2D eigenvalue weighted by atomic mass is 9.94. The molecule has 1 aromatic carbocycles. The molecule has 1 fully saturated rings. The van der Waals surface area contributed by atoms with Crippen molar-refractivity contribution in [2.45, 2.75) is 58.1 Å². The number of carbonyl (C=O) groups excluding carboxylic acids is 2. The smallest absolute Gasteiger partial charge is 0.341 e. The van der Waals surface area contributed by atoms with Crippen molar-refractivity contribution in [3.05, 3.63) is 40.9 Å².